The van der Waals surface area contributed by atoms with Gasteiger partial charge in [0.15, 0.2) is 0 Å². The van der Waals surface area contributed by atoms with E-state index in [0.29, 0.717) is 0 Å². The van der Waals surface area contributed by atoms with Crippen molar-refractivity contribution in [3.8, 4) is 5.69 Å². The summed E-state index contributed by atoms with van der Waals surface area (Å²) in [6.45, 7) is 5.09. The van der Waals surface area contributed by atoms with Gasteiger partial charge in [-0.25, -0.2) is 14.5 Å². The minimum Gasteiger partial charge on any atom is -0.463 e. The smallest absolute Gasteiger partial charge is 0.377 e. The quantitative estimate of drug-likeness (QED) is 0.837. The third kappa shape index (κ3) is 3.48. The predicted molar refractivity (Wildman–Crippen MR) is 82.5 cm³/mol. The van der Waals surface area contributed by atoms with E-state index in [1.54, 1.807) is 0 Å². The summed E-state index contributed by atoms with van der Waals surface area (Å²) in [5.74, 6) is -0.517. The first kappa shape index (κ1) is 15.7. The molecule has 1 aromatic heterocycles. The number of carbonyl (C=O) groups excluding carboxylic acids is 1. The molecule has 0 spiro atoms. The molecule has 0 aliphatic carbocycles. The molecule has 2 rings (SSSR count). The molecule has 0 amide bonds. The van der Waals surface area contributed by atoms with Gasteiger partial charge in [0.05, 0.1) is 12.8 Å². The fourth-order valence-corrected chi connectivity index (χ4v) is 2.54. The lowest BCUT2D eigenvalue weighted by atomic mass is 10.1. The van der Waals surface area contributed by atoms with Crippen LogP contribution in [0.15, 0.2) is 29.0 Å². The van der Waals surface area contributed by atoms with Gasteiger partial charge in [0, 0.05) is 10.5 Å². The number of rotatable bonds is 5. The van der Waals surface area contributed by atoms with Crippen molar-refractivity contribution in [2.45, 2.75) is 19.9 Å². The van der Waals surface area contributed by atoms with Crippen molar-refractivity contribution in [3.05, 3.63) is 40.4 Å². The second kappa shape index (κ2) is 6.82. The van der Waals surface area contributed by atoms with E-state index < -0.39 is 5.97 Å². The van der Waals surface area contributed by atoms with Crippen molar-refractivity contribution >= 4 is 21.9 Å². The maximum absolute atomic E-state index is 11.4. The van der Waals surface area contributed by atoms with Gasteiger partial charge < -0.3 is 10.1 Å². The molecule has 0 aliphatic rings. The van der Waals surface area contributed by atoms with Gasteiger partial charge in [-0.2, -0.15) is 0 Å². The van der Waals surface area contributed by atoms with Crippen molar-refractivity contribution in [1.82, 2.24) is 20.1 Å². The number of methoxy groups -OCH3 is 1. The Kier molecular flexibility index (Phi) is 5.08. The van der Waals surface area contributed by atoms with Crippen LogP contribution >= 0.6 is 15.9 Å². The molecule has 0 fully saturated rings. The molecule has 0 bridgehead atoms. The Morgan fingerprint density at radius 2 is 2.29 bits per heavy atom. The Morgan fingerprint density at radius 3 is 2.90 bits per heavy atom. The summed E-state index contributed by atoms with van der Waals surface area (Å²) in [6.07, 6.45) is 1.49. The molecule has 21 heavy (non-hydrogen) atoms. The van der Waals surface area contributed by atoms with E-state index in [9.17, 15) is 4.79 Å². The van der Waals surface area contributed by atoms with Crippen molar-refractivity contribution in [2.24, 2.45) is 0 Å². The van der Waals surface area contributed by atoms with E-state index in [1.807, 2.05) is 18.2 Å². The van der Waals surface area contributed by atoms with Crippen LogP contribution in [-0.2, 0) is 4.74 Å². The molecule has 7 heteroatoms. The molecule has 1 atom stereocenters. The van der Waals surface area contributed by atoms with Crippen molar-refractivity contribution < 1.29 is 9.53 Å². The van der Waals surface area contributed by atoms with Gasteiger partial charge in [-0.1, -0.05) is 13.0 Å². The summed E-state index contributed by atoms with van der Waals surface area (Å²) in [5.41, 5.74) is 1.98. The van der Waals surface area contributed by atoms with Gasteiger partial charge in [0.1, 0.15) is 6.33 Å². The maximum Gasteiger partial charge on any atom is 0.377 e. The van der Waals surface area contributed by atoms with Crippen LogP contribution in [0.3, 0.4) is 0 Å². The Labute approximate surface area is 131 Å². The number of hydrogen-bond acceptors (Lipinski definition) is 5. The van der Waals surface area contributed by atoms with Crippen LogP contribution in [0.1, 0.15) is 36.1 Å². The summed E-state index contributed by atoms with van der Waals surface area (Å²) < 4.78 is 7.02. The summed E-state index contributed by atoms with van der Waals surface area (Å²) in [7, 11) is 1.30. The lowest BCUT2D eigenvalue weighted by molar-refractivity contribution is 0.0587. The van der Waals surface area contributed by atoms with Crippen LogP contribution < -0.4 is 5.32 Å². The van der Waals surface area contributed by atoms with Crippen LogP contribution in [0.4, 0.5) is 0 Å². The number of halogens is 1. The number of ether oxygens (including phenoxy) is 1. The highest BCUT2D eigenvalue weighted by molar-refractivity contribution is 9.10. The van der Waals surface area contributed by atoms with Gasteiger partial charge >= 0.3 is 5.97 Å². The summed E-state index contributed by atoms with van der Waals surface area (Å²) in [5, 5.41) is 7.47. The minimum absolute atomic E-state index is 0.0366. The zero-order chi connectivity index (χ0) is 15.4. The van der Waals surface area contributed by atoms with E-state index in [1.165, 1.54) is 23.7 Å². The number of nitrogens with zero attached hydrogens (tertiary/aromatic N) is 3. The lowest BCUT2D eigenvalue weighted by Crippen LogP contribution is -2.17. The van der Waals surface area contributed by atoms with Gasteiger partial charge in [-0.15, -0.1) is 5.10 Å². The van der Waals surface area contributed by atoms with E-state index in [-0.39, 0.29) is 11.9 Å². The third-order valence-electron chi connectivity index (χ3n) is 3.09. The second-order valence-electron chi connectivity index (χ2n) is 4.49. The van der Waals surface area contributed by atoms with E-state index in [4.69, 9.17) is 0 Å². The van der Waals surface area contributed by atoms with Gasteiger partial charge in [-0.3, -0.25) is 0 Å². The highest BCUT2D eigenvalue weighted by Gasteiger charge is 2.14. The summed E-state index contributed by atoms with van der Waals surface area (Å²) in [6, 6.07) is 6.25. The van der Waals surface area contributed by atoms with Crippen molar-refractivity contribution in [1.29, 1.82) is 0 Å². The highest BCUT2D eigenvalue weighted by atomic mass is 79.9. The summed E-state index contributed by atoms with van der Waals surface area (Å²) >= 11 is 3.53. The average molecular weight is 353 g/mol. The van der Waals surface area contributed by atoms with Gasteiger partial charge in [0.25, 0.3) is 5.82 Å². The van der Waals surface area contributed by atoms with Crippen LogP contribution in [-0.4, -0.2) is 34.4 Å². The van der Waals surface area contributed by atoms with E-state index in [2.05, 4.69) is 49.9 Å². The normalized spacial score (nSPS) is 12.2. The van der Waals surface area contributed by atoms with Crippen molar-refractivity contribution in [2.75, 3.05) is 13.7 Å². The van der Waals surface area contributed by atoms with Crippen LogP contribution in [0.2, 0.25) is 0 Å². The molecule has 0 aliphatic heterocycles. The Hall–Kier alpha value is -1.73. The van der Waals surface area contributed by atoms with Gasteiger partial charge in [0.2, 0.25) is 0 Å². The Morgan fingerprint density at radius 1 is 1.52 bits per heavy atom. The first-order chi connectivity index (χ1) is 10.1. The summed E-state index contributed by atoms with van der Waals surface area (Å²) in [4.78, 5) is 15.3. The van der Waals surface area contributed by atoms with Gasteiger partial charge in [-0.05, 0) is 47.1 Å². The molecule has 2 aromatic rings. The Balaban J connectivity index is 2.28. The third-order valence-corrected chi connectivity index (χ3v) is 3.72. The molecule has 112 valence electrons. The van der Waals surface area contributed by atoms with Crippen molar-refractivity contribution in [3.63, 3.8) is 0 Å². The molecule has 6 nitrogen and oxygen atoms in total. The number of hydrogen-bond donors (Lipinski definition) is 1. The first-order valence-electron chi connectivity index (χ1n) is 6.60. The molecule has 0 saturated carbocycles. The van der Waals surface area contributed by atoms with Crippen LogP contribution in [0.5, 0.6) is 0 Å². The lowest BCUT2D eigenvalue weighted by Gasteiger charge is -2.14. The topological polar surface area (TPSA) is 69.0 Å². The highest BCUT2D eigenvalue weighted by Crippen LogP contribution is 2.25. The molecule has 0 saturated heterocycles. The second-order valence-corrected chi connectivity index (χ2v) is 5.35. The molecular formula is C14H17BrN4O2. The fraction of sp³-hybridized carbons (Fsp3) is 0.357. The Bertz CT molecular complexity index is 642. The minimum atomic E-state index is -0.553. The molecule has 0 radical (unpaired) electrons. The van der Waals surface area contributed by atoms with Crippen LogP contribution in [0.25, 0.3) is 5.69 Å². The monoisotopic (exact) mass is 352 g/mol. The number of nitrogens with one attached hydrogen (secondary N) is 1. The fourth-order valence-electron chi connectivity index (χ4n) is 1.97. The SMILES string of the molecule is CCNC(C)c1ccc(-n2cnc(C(=O)OC)n2)c(Br)c1. The molecule has 1 heterocycles. The number of carbonyl (C=O) groups is 1. The zero-order valence-corrected chi connectivity index (χ0v) is 13.7. The zero-order valence-electron chi connectivity index (χ0n) is 12.1. The molecule has 1 aromatic carbocycles. The number of aromatic nitrogens is 3. The van der Waals surface area contributed by atoms with E-state index >= 15 is 0 Å². The molecule has 1 N–H and O–H groups in total. The maximum atomic E-state index is 11.4. The largest absolute Gasteiger partial charge is 0.463 e. The molecular weight excluding hydrogens is 336 g/mol. The van der Waals surface area contributed by atoms with E-state index in [0.717, 1.165) is 16.7 Å². The first-order valence-corrected chi connectivity index (χ1v) is 7.39. The number of benzene rings is 1. The van der Waals surface area contributed by atoms with Crippen LogP contribution in [0, 0.1) is 0 Å². The number of esters is 1. The standard InChI is InChI=1S/C14H17BrN4O2/c1-4-16-9(2)10-5-6-12(11(15)7-10)19-8-17-13(18-19)14(20)21-3/h5-9,16H,4H2,1-3H3. The average Bonchev–Trinajstić information content (AvgIpc) is 2.96. The predicted octanol–water partition coefficient (Wildman–Crippen LogP) is 2.49. The molecule has 1 unspecified atom stereocenters.